The normalized spacial score (nSPS) is 10.4. The van der Waals surface area contributed by atoms with Gasteiger partial charge >= 0.3 is 5.97 Å². The largest absolute Gasteiger partial charge is 0.478 e. The Kier molecular flexibility index (Phi) is 3.34. The van der Waals surface area contributed by atoms with Gasteiger partial charge in [0, 0.05) is 0 Å². The van der Waals surface area contributed by atoms with Crippen LogP contribution < -0.4 is 5.73 Å². The summed E-state index contributed by atoms with van der Waals surface area (Å²) in [4.78, 5) is 14.9. The molecule has 5 nitrogen and oxygen atoms in total. The van der Waals surface area contributed by atoms with E-state index in [-0.39, 0.29) is 11.3 Å². The van der Waals surface area contributed by atoms with Crippen LogP contribution in [-0.4, -0.2) is 16.1 Å². The number of anilines is 1. The number of aromatic nitrogens is 1. The fraction of sp³-hybridized carbons (Fsp3) is 0.0909. The van der Waals surface area contributed by atoms with Gasteiger partial charge in [0.15, 0.2) is 0 Å². The van der Waals surface area contributed by atoms with Crippen LogP contribution in [-0.2, 0) is 5.75 Å². The lowest BCUT2D eigenvalue weighted by Crippen LogP contribution is -2.03. The number of furan rings is 1. The van der Waals surface area contributed by atoms with Crippen molar-refractivity contribution in [2.24, 2.45) is 0 Å². The van der Waals surface area contributed by atoms with Gasteiger partial charge in [-0.25, -0.2) is 9.78 Å². The highest BCUT2D eigenvalue weighted by molar-refractivity contribution is 7.98. The van der Waals surface area contributed by atoms with E-state index in [0.717, 1.165) is 5.76 Å². The molecule has 0 aliphatic heterocycles. The molecular weight excluding hydrogens is 240 g/mol. The van der Waals surface area contributed by atoms with Gasteiger partial charge in [0.25, 0.3) is 0 Å². The quantitative estimate of drug-likeness (QED) is 0.809. The summed E-state index contributed by atoms with van der Waals surface area (Å²) >= 11 is 1.39. The van der Waals surface area contributed by atoms with Crippen molar-refractivity contribution in [1.29, 1.82) is 0 Å². The highest BCUT2D eigenvalue weighted by Gasteiger charge is 2.10. The summed E-state index contributed by atoms with van der Waals surface area (Å²) in [5.41, 5.74) is 5.75. The van der Waals surface area contributed by atoms with Crippen LogP contribution in [0.5, 0.6) is 0 Å². The molecule has 0 aliphatic carbocycles. The molecule has 0 fully saturated rings. The van der Waals surface area contributed by atoms with Gasteiger partial charge in [-0.05, 0) is 18.2 Å². The van der Waals surface area contributed by atoms with Crippen molar-refractivity contribution in [3.8, 4) is 0 Å². The van der Waals surface area contributed by atoms with E-state index < -0.39 is 5.97 Å². The van der Waals surface area contributed by atoms with Crippen LogP contribution in [0.3, 0.4) is 0 Å². The molecule has 3 N–H and O–H groups in total. The maximum Gasteiger partial charge on any atom is 0.337 e. The molecule has 17 heavy (non-hydrogen) atoms. The van der Waals surface area contributed by atoms with Crippen molar-refractivity contribution in [1.82, 2.24) is 4.98 Å². The van der Waals surface area contributed by atoms with Gasteiger partial charge in [-0.3, -0.25) is 0 Å². The van der Waals surface area contributed by atoms with Crippen molar-refractivity contribution in [2.45, 2.75) is 10.8 Å². The van der Waals surface area contributed by atoms with Crippen molar-refractivity contribution in [2.75, 3.05) is 5.73 Å². The summed E-state index contributed by atoms with van der Waals surface area (Å²) in [5, 5.41) is 9.51. The molecular formula is C11H10N2O3S. The number of hydrogen-bond acceptors (Lipinski definition) is 5. The van der Waals surface area contributed by atoms with E-state index in [0.29, 0.717) is 10.8 Å². The molecule has 0 bridgehead atoms. The van der Waals surface area contributed by atoms with Crippen molar-refractivity contribution in [3.63, 3.8) is 0 Å². The number of pyridine rings is 1. The van der Waals surface area contributed by atoms with Gasteiger partial charge in [0.1, 0.15) is 5.76 Å². The molecule has 0 aromatic carbocycles. The number of aromatic carboxylic acids is 1. The molecule has 2 heterocycles. The summed E-state index contributed by atoms with van der Waals surface area (Å²) in [6.07, 6.45) is 2.95. The van der Waals surface area contributed by atoms with E-state index in [1.807, 2.05) is 6.07 Å². The predicted octanol–water partition coefficient (Wildman–Crippen LogP) is 2.25. The predicted molar refractivity (Wildman–Crippen MR) is 63.9 cm³/mol. The number of carbonyl (C=O) groups is 1. The van der Waals surface area contributed by atoms with Gasteiger partial charge in [0.05, 0.1) is 34.5 Å². The number of thioether (sulfide) groups is 1. The van der Waals surface area contributed by atoms with Gasteiger partial charge in [0.2, 0.25) is 0 Å². The zero-order valence-corrected chi connectivity index (χ0v) is 9.61. The number of nitrogens with zero attached hydrogens (tertiary/aromatic N) is 1. The number of carboxylic acids is 1. The Morgan fingerprint density at radius 2 is 2.41 bits per heavy atom. The van der Waals surface area contributed by atoms with E-state index >= 15 is 0 Å². The lowest BCUT2D eigenvalue weighted by molar-refractivity contribution is 0.0697. The van der Waals surface area contributed by atoms with E-state index in [1.165, 1.54) is 24.0 Å². The van der Waals surface area contributed by atoms with Crippen LogP contribution in [0.1, 0.15) is 16.1 Å². The maximum absolute atomic E-state index is 10.9. The van der Waals surface area contributed by atoms with E-state index in [1.54, 1.807) is 12.3 Å². The molecule has 88 valence electrons. The minimum Gasteiger partial charge on any atom is -0.478 e. The summed E-state index contributed by atoms with van der Waals surface area (Å²) in [6.45, 7) is 0. The Hall–Kier alpha value is -1.95. The number of carboxylic acid groups (broad SMARTS) is 1. The van der Waals surface area contributed by atoms with E-state index in [9.17, 15) is 4.79 Å². The molecule has 0 unspecified atom stereocenters. The summed E-state index contributed by atoms with van der Waals surface area (Å²) in [5.74, 6) is 0.360. The minimum atomic E-state index is -1.05. The first-order valence-electron chi connectivity index (χ1n) is 4.81. The second-order valence-electron chi connectivity index (χ2n) is 3.28. The number of hydrogen-bond donors (Lipinski definition) is 2. The highest BCUT2D eigenvalue weighted by Crippen LogP contribution is 2.23. The molecule has 2 aromatic heterocycles. The van der Waals surface area contributed by atoms with Crippen LogP contribution in [0.25, 0.3) is 0 Å². The first-order valence-corrected chi connectivity index (χ1v) is 5.79. The highest BCUT2D eigenvalue weighted by atomic mass is 32.2. The molecule has 0 saturated carbocycles. The van der Waals surface area contributed by atoms with Gasteiger partial charge in [-0.15, -0.1) is 0 Å². The van der Waals surface area contributed by atoms with E-state index in [2.05, 4.69) is 4.98 Å². The van der Waals surface area contributed by atoms with Crippen LogP contribution in [0, 0.1) is 0 Å². The maximum atomic E-state index is 10.9. The third-order valence-electron chi connectivity index (χ3n) is 2.08. The Morgan fingerprint density at radius 3 is 3.06 bits per heavy atom. The topological polar surface area (TPSA) is 89.4 Å². The molecule has 0 atom stereocenters. The molecule has 6 heteroatoms. The summed E-state index contributed by atoms with van der Waals surface area (Å²) in [7, 11) is 0. The van der Waals surface area contributed by atoms with Crippen molar-refractivity contribution >= 4 is 23.4 Å². The Balaban J connectivity index is 2.11. The molecule has 0 amide bonds. The number of rotatable bonds is 4. The minimum absolute atomic E-state index is 0.0712. The average molecular weight is 250 g/mol. The zero-order chi connectivity index (χ0) is 12.3. The summed E-state index contributed by atoms with van der Waals surface area (Å²) in [6, 6.07) is 5.11. The Labute approximate surface area is 102 Å². The molecule has 0 radical (unpaired) electrons. The molecule has 2 aromatic rings. The molecule has 0 saturated heterocycles. The molecule has 0 aliphatic rings. The smallest absolute Gasteiger partial charge is 0.337 e. The molecule has 0 spiro atoms. The fourth-order valence-electron chi connectivity index (χ4n) is 1.25. The van der Waals surface area contributed by atoms with Crippen LogP contribution >= 0.6 is 11.8 Å². The Bertz CT molecular complexity index is 526. The third kappa shape index (κ3) is 2.79. The molecule has 2 rings (SSSR count). The van der Waals surface area contributed by atoms with Gasteiger partial charge < -0.3 is 15.3 Å². The number of nitrogen functional groups attached to an aromatic ring is 1. The first-order chi connectivity index (χ1) is 8.16. The average Bonchev–Trinajstić information content (AvgIpc) is 2.80. The van der Waals surface area contributed by atoms with Crippen molar-refractivity contribution in [3.05, 3.63) is 42.0 Å². The third-order valence-corrected chi connectivity index (χ3v) is 3.03. The summed E-state index contributed by atoms with van der Waals surface area (Å²) < 4.78 is 5.17. The first kappa shape index (κ1) is 11.5. The second kappa shape index (κ2) is 4.92. The van der Waals surface area contributed by atoms with Crippen LogP contribution in [0.2, 0.25) is 0 Å². The fourth-order valence-corrected chi connectivity index (χ4v) is 2.03. The Morgan fingerprint density at radius 1 is 1.59 bits per heavy atom. The lowest BCUT2D eigenvalue weighted by Gasteiger charge is -2.03. The van der Waals surface area contributed by atoms with E-state index in [4.69, 9.17) is 15.3 Å². The number of nitrogens with two attached hydrogens (primary N) is 1. The SMILES string of the molecule is Nc1cnc(SCc2ccco2)cc1C(=O)O. The van der Waals surface area contributed by atoms with Gasteiger partial charge in [-0.2, -0.15) is 0 Å². The second-order valence-corrected chi connectivity index (χ2v) is 4.28. The monoisotopic (exact) mass is 250 g/mol. The van der Waals surface area contributed by atoms with Crippen molar-refractivity contribution < 1.29 is 14.3 Å². The standard InChI is InChI=1S/C11H10N2O3S/c12-9-5-13-10(4-8(9)11(14)15)17-6-7-2-1-3-16-7/h1-5H,6,12H2,(H,14,15). The van der Waals surface area contributed by atoms with Gasteiger partial charge in [-0.1, -0.05) is 11.8 Å². The lowest BCUT2D eigenvalue weighted by atomic mass is 10.2. The zero-order valence-electron chi connectivity index (χ0n) is 8.79. The van der Waals surface area contributed by atoms with Crippen LogP contribution in [0.15, 0.2) is 40.1 Å². The van der Waals surface area contributed by atoms with Crippen LogP contribution in [0.4, 0.5) is 5.69 Å².